The average Bonchev–Trinajstić information content (AvgIpc) is 1.26. The number of amides is 2. The lowest BCUT2D eigenvalue weighted by atomic mass is 9.93. The van der Waals surface area contributed by atoms with E-state index in [1.807, 2.05) is 131 Å². The summed E-state index contributed by atoms with van der Waals surface area (Å²) in [5.74, 6) is 1.16. The predicted octanol–water partition coefficient (Wildman–Crippen LogP) is 19.1. The topological polar surface area (TPSA) is 341 Å². The summed E-state index contributed by atoms with van der Waals surface area (Å²) in [6.07, 6.45) is 4.97. The number of aliphatic hydroxyl groups excluding tert-OH is 1. The first-order chi connectivity index (χ1) is 70.7. The zero-order valence-electron chi connectivity index (χ0n) is 85.0. The molecule has 32 heteroatoms. The van der Waals surface area contributed by atoms with Gasteiger partial charge >= 0.3 is 0 Å². The molecule has 2 atom stereocenters. The van der Waals surface area contributed by atoms with Gasteiger partial charge in [-0.3, -0.25) is 42.6 Å². The minimum atomic E-state index is -3.87. The fraction of sp³-hybridized carbons (Fsp3) is 0.400. The molecule has 0 saturated carbocycles. The van der Waals surface area contributed by atoms with Gasteiger partial charge in [0.25, 0.3) is 11.8 Å². The van der Waals surface area contributed by atoms with E-state index in [-0.39, 0.29) is 98.1 Å². The van der Waals surface area contributed by atoms with Gasteiger partial charge in [-0.2, -0.15) is 0 Å². The molecule has 2 amide bonds. The first kappa shape index (κ1) is 114. The standard InChI is InChI=1S/C63H77ClN4O12S2.C51H57ClN4O8.CH4/c1-7-66(8-2)48-21-24-52-58(40-48)80-59-41-49(67(9-3)10-4)22-25-53(59)62(52)54-26-23-51(42-60(54)81(72)73)82(74,75)38-14-30-76-32-34-78-36-37-79-35-33-77-31-28-50(69)15-12-11-13-29-65-61(70)43-55-45(6)68(57-27-16-44(5)39-56(55)57)63(71)46-17-19-47(64)20-18-46;1-5-35(6-2)37-14-17-43-46(30-37)64-47-32-44(39-9-7-8-10-40(39)50(47)55-43)54-48(57)19-21-60-23-25-62-27-28-63-26-24-61-22-20-53-49(58)31-41-34(4)56(45-18-11-33(3)29-42(41)45)51(59)36-12-15-38(52)16-13-36;/h16-27,39-42H,7-15,28-38,43H2,1-6H3,(H-,65,70,72,73);7-18,29-30,32,49,53,58H,5-6,19-28,31H2,1-4H3,(H,54,57);1H4. The van der Waals surface area contributed by atoms with Crippen LogP contribution in [0, 0.1) is 27.7 Å². The van der Waals surface area contributed by atoms with Gasteiger partial charge in [-0.15, -0.1) is 0 Å². The molecule has 3 aliphatic rings. The van der Waals surface area contributed by atoms with Gasteiger partial charge in [0.1, 0.15) is 47.5 Å². The van der Waals surface area contributed by atoms with E-state index in [0.717, 1.165) is 152 Å². The number of carbonyl (C=O) groups excluding carboxylic acids is 5. The molecule has 0 spiro atoms. The summed E-state index contributed by atoms with van der Waals surface area (Å²) in [6.45, 7) is 29.9. The smallest absolute Gasteiger partial charge is 0.262 e. The van der Waals surface area contributed by atoms with Gasteiger partial charge in [-0.1, -0.05) is 116 Å². The molecule has 2 aliphatic heterocycles. The van der Waals surface area contributed by atoms with Gasteiger partial charge < -0.3 is 72.2 Å². The number of ketones is 1. The Morgan fingerprint density at radius 3 is 1.67 bits per heavy atom. The highest BCUT2D eigenvalue weighted by Gasteiger charge is 2.29. The van der Waals surface area contributed by atoms with E-state index in [4.69, 9.17) is 75.2 Å². The molecule has 28 nitrogen and oxygen atoms in total. The molecule has 4 N–H and O–H groups in total. The second-order valence-corrected chi connectivity index (χ2v) is 39.6. The van der Waals surface area contributed by atoms with E-state index in [9.17, 15) is 46.3 Å². The van der Waals surface area contributed by atoms with Crippen molar-refractivity contribution in [1.82, 2.24) is 24.3 Å². The molecule has 2 unspecified atom stereocenters. The van der Waals surface area contributed by atoms with Gasteiger partial charge in [0.05, 0.1) is 145 Å². The predicted molar refractivity (Wildman–Crippen MR) is 581 cm³/mol. The summed E-state index contributed by atoms with van der Waals surface area (Å²) in [5.41, 5.74) is 14.0. The van der Waals surface area contributed by atoms with Crippen LogP contribution in [0.25, 0.3) is 71.6 Å². The van der Waals surface area contributed by atoms with Gasteiger partial charge in [-0.25, -0.2) is 18.0 Å². The maximum Gasteiger partial charge on any atom is 0.262 e. The molecule has 1 aliphatic carbocycles. The number of aliphatic hydroxyl groups is 1. The summed E-state index contributed by atoms with van der Waals surface area (Å²) in [7, 11) is -3.87. The molecule has 0 bridgehead atoms. The number of ether oxygens (including phenoxy) is 9. The third-order valence-electron chi connectivity index (χ3n) is 26.0. The van der Waals surface area contributed by atoms with E-state index < -0.39 is 27.1 Å². The van der Waals surface area contributed by atoms with Crippen molar-refractivity contribution < 1.29 is 93.3 Å². The van der Waals surface area contributed by atoms with E-state index in [1.165, 1.54) is 17.7 Å². The first-order valence-corrected chi connectivity index (χ1v) is 53.9. The van der Waals surface area contributed by atoms with Crippen molar-refractivity contribution in [1.29, 1.82) is 0 Å². The number of rotatable bonds is 55. The highest BCUT2D eigenvalue weighted by Crippen LogP contribution is 2.46. The van der Waals surface area contributed by atoms with Crippen molar-refractivity contribution in [2.45, 2.75) is 163 Å². The number of anilines is 2. The summed E-state index contributed by atoms with van der Waals surface area (Å²) in [6, 6.07) is 57.5. The number of halogens is 2. The molecule has 0 fully saturated rings. The molecule has 784 valence electrons. The Hall–Kier alpha value is -11.5. The number of aromatic nitrogens is 2. The Balaban J connectivity index is 0.000000267. The summed E-state index contributed by atoms with van der Waals surface area (Å²) in [5, 5.41) is 28.4. The van der Waals surface area contributed by atoms with Gasteiger partial charge in [0.2, 0.25) is 17.2 Å². The zero-order valence-corrected chi connectivity index (χ0v) is 88.2. The normalized spacial score (nSPS) is 12.2. The maximum absolute atomic E-state index is 13.6. The van der Waals surface area contributed by atoms with Crippen molar-refractivity contribution in [3.05, 3.63) is 259 Å². The minimum absolute atomic E-state index is 0. The lowest BCUT2D eigenvalue weighted by Gasteiger charge is -2.23. The third-order valence-corrected chi connectivity index (χ3v) is 29.0. The Kier molecular flexibility index (Phi) is 44.1. The highest BCUT2D eigenvalue weighted by atomic mass is 35.5. The van der Waals surface area contributed by atoms with E-state index >= 15 is 0 Å². The summed E-state index contributed by atoms with van der Waals surface area (Å²) < 4.78 is 117. The van der Waals surface area contributed by atoms with Crippen LogP contribution < -0.4 is 46.1 Å². The number of Topliss-reactive ketones (excluding diaryl/α,β-unsaturated/α-hetero) is 1. The lowest BCUT2D eigenvalue weighted by Crippen LogP contribution is -2.34. The Labute approximate surface area is 873 Å². The molecule has 147 heavy (non-hydrogen) atoms. The monoisotopic (exact) mass is 2080 g/mol. The van der Waals surface area contributed by atoms with Gasteiger partial charge in [-0.05, 0) is 236 Å². The van der Waals surface area contributed by atoms with Crippen LogP contribution in [0.5, 0.6) is 11.5 Å². The molecular formula is C115H138Cl2N8O20S2. The van der Waals surface area contributed by atoms with Crippen molar-refractivity contribution in [2.75, 3.05) is 161 Å². The van der Waals surface area contributed by atoms with Crippen LogP contribution in [0.2, 0.25) is 10.0 Å². The number of fused-ring (bicyclic) bond motifs is 8. The van der Waals surface area contributed by atoms with E-state index in [1.54, 1.807) is 63.7 Å². The number of unbranched alkanes of at least 4 members (excludes halogenated alkanes) is 2. The van der Waals surface area contributed by atoms with Gasteiger partial charge in [0.15, 0.2) is 21.3 Å². The number of hydrogen-bond donors (Lipinski definition) is 4. The second-order valence-electron chi connectivity index (χ2n) is 35.7. The van der Waals surface area contributed by atoms with Crippen LogP contribution in [-0.4, -0.2) is 218 Å². The lowest BCUT2D eigenvalue weighted by molar-refractivity contribution is -0.121. The maximum atomic E-state index is 13.6. The molecule has 0 radical (unpaired) electrons. The van der Waals surface area contributed by atoms with Gasteiger partial charge in [0, 0.05) is 151 Å². The van der Waals surface area contributed by atoms with Crippen LogP contribution in [0.15, 0.2) is 207 Å². The molecule has 11 aromatic rings. The number of benzene rings is 10. The fourth-order valence-corrected chi connectivity index (χ4v) is 20.4. The van der Waals surface area contributed by atoms with Crippen LogP contribution in [-0.2, 0) is 86.0 Å². The molecule has 4 heterocycles. The number of carbonyl (C=O) groups is 5. The Morgan fingerprint density at radius 2 is 1.09 bits per heavy atom. The molecule has 14 rings (SSSR count). The zero-order chi connectivity index (χ0) is 104. The van der Waals surface area contributed by atoms with Crippen molar-refractivity contribution in [3.63, 3.8) is 0 Å². The Bertz CT molecular complexity index is 7030. The fourth-order valence-electron chi connectivity index (χ4n) is 18.2. The second kappa shape index (κ2) is 56.7. The molecule has 0 saturated heterocycles. The SMILES string of the molecule is C.CCC(CC)=c1ccc2c(c1)Oc1cc(NC(=O)CCOCCOCCOCCOCCNC(O)Cc3c(C)n(C(=O)c4ccc(Cl)cc4)c4ccc(C)cc34)c3ccccc3c1N=2.CCN(CC)c1ccc2c(-c3ccc(S(=O)(=O)CCCOCCOCCOCCOCCC(=O)CCCCCNC(=O)Cc4c(C)n(C(=O)c5ccc(Cl)cc5)c5ccc(C)cc45)cc3S(=O)[O-])c3ccc(=[N+](CC)CC)cc-3oc2c1. The Morgan fingerprint density at radius 1 is 0.531 bits per heavy atom. The quantitative estimate of drug-likeness (QED) is 0.00904. The van der Waals surface area contributed by atoms with Crippen LogP contribution in [0.3, 0.4) is 0 Å². The van der Waals surface area contributed by atoms with Crippen LogP contribution >= 0.6 is 23.2 Å². The average molecular weight is 2090 g/mol. The molecular weight excluding hydrogens is 1950 g/mol. The number of sulfone groups is 1. The minimum Gasteiger partial charge on any atom is -0.768 e. The van der Waals surface area contributed by atoms with E-state index in [2.05, 4.69) is 85.2 Å². The van der Waals surface area contributed by atoms with Crippen molar-refractivity contribution in [3.8, 4) is 33.9 Å². The number of nitrogens with one attached hydrogen (secondary N) is 3. The molecule has 9 aromatic carbocycles. The first-order valence-electron chi connectivity index (χ1n) is 50.4. The molecule has 2 aromatic heterocycles. The van der Waals surface area contributed by atoms with Crippen LogP contribution in [0.4, 0.5) is 17.1 Å². The highest BCUT2D eigenvalue weighted by molar-refractivity contribution is 7.91. The number of hydrogen-bond acceptors (Lipinski definition) is 23. The summed E-state index contributed by atoms with van der Waals surface area (Å²) in [4.78, 5) is 72.6. The summed E-state index contributed by atoms with van der Waals surface area (Å²) >= 11 is 9.33. The number of aryl methyl sites for hydroxylation is 2. The third kappa shape index (κ3) is 30.6. The largest absolute Gasteiger partial charge is 0.768 e. The van der Waals surface area contributed by atoms with Crippen molar-refractivity contribution in [2.24, 2.45) is 4.99 Å². The van der Waals surface area contributed by atoms with E-state index in [0.29, 0.717) is 183 Å². The van der Waals surface area contributed by atoms with Crippen molar-refractivity contribution >= 4 is 140 Å². The number of nitrogens with zero attached hydrogens (tertiary/aromatic N) is 5. The van der Waals surface area contributed by atoms with Crippen LogP contribution in [0.1, 0.15) is 161 Å².